The molecule has 84 valence electrons. The average molecular weight is 209 g/mol. The predicted octanol–water partition coefficient (Wildman–Crippen LogP) is 0.628. The van der Waals surface area contributed by atoms with Crippen molar-refractivity contribution in [3.63, 3.8) is 0 Å². The molecule has 0 saturated heterocycles. The highest BCUT2D eigenvalue weighted by atomic mass is 16.1. The van der Waals surface area contributed by atoms with Crippen molar-refractivity contribution in [3.05, 3.63) is 24.0 Å². The van der Waals surface area contributed by atoms with Crippen LogP contribution in [0.5, 0.6) is 0 Å². The van der Waals surface area contributed by atoms with E-state index in [1.54, 1.807) is 7.05 Å². The summed E-state index contributed by atoms with van der Waals surface area (Å²) in [5.41, 5.74) is 1.07. The molecule has 3 N–H and O–H groups in total. The van der Waals surface area contributed by atoms with Crippen molar-refractivity contribution in [2.75, 3.05) is 20.1 Å². The molecule has 0 aliphatic rings. The van der Waals surface area contributed by atoms with Crippen LogP contribution in [0, 0.1) is 0 Å². The van der Waals surface area contributed by atoms with E-state index in [9.17, 15) is 4.79 Å². The third-order valence-corrected chi connectivity index (χ3v) is 2.39. The Bertz CT molecular complexity index is 304. The quantitative estimate of drug-likeness (QED) is 0.666. The Labute approximate surface area is 90.5 Å². The van der Waals surface area contributed by atoms with Crippen molar-refractivity contribution in [3.8, 4) is 0 Å². The summed E-state index contributed by atoms with van der Waals surface area (Å²) in [5, 5.41) is 5.71. The van der Waals surface area contributed by atoms with Crippen LogP contribution >= 0.6 is 0 Å². The number of aromatic nitrogens is 1. The second-order valence-corrected chi connectivity index (χ2v) is 4.27. The minimum atomic E-state index is -0.0626. The van der Waals surface area contributed by atoms with Crippen LogP contribution in [0.4, 0.5) is 0 Å². The molecule has 0 atom stereocenters. The number of carbonyl (C=O) groups is 1. The predicted molar refractivity (Wildman–Crippen MR) is 60.8 cm³/mol. The fourth-order valence-electron chi connectivity index (χ4n) is 1.39. The van der Waals surface area contributed by atoms with E-state index in [2.05, 4.69) is 29.5 Å². The lowest BCUT2D eigenvalue weighted by Crippen LogP contribution is -2.40. The lowest BCUT2D eigenvalue weighted by Gasteiger charge is -2.23. The molecule has 0 aliphatic heterocycles. The summed E-state index contributed by atoms with van der Waals surface area (Å²) in [4.78, 5) is 14.4. The van der Waals surface area contributed by atoms with Crippen LogP contribution in [0.3, 0.4) is 0 Å². The Morgan fingerprint density at radius 3 is 2.80 bits per heavy atom. The molecule has 1 aromatic rings. The molecule has 4 heteroatoms. The van der Waals surface area contributed by atoms with Crippen LogP contribution in [-0.2, 0) is 10.2 Å². The van der Waals surface area contributed by atoms with Gasteiger partial charge in [0.25, 0.3) is 0 Å². The van der Waals surface area contributed by atoms with E-state index in [0.717, 1.165) is 5.69 Å². The van der Waals surface area contributed by atoms with Gasteiger partial charge in [-0.2, -0.15) is 0 Å². The van der Waals surface area contributed by atoms with E-state index in [4.69, 9.17) is 0 Å². The molecule has 1 rings (SSSR count). The molecule has 1 aromatic heterocycles. The van der Waals surface area contributed by atoms with Gasteiger partial charge in [-0.15, -0.1) is 0 Å². The van der Waals surface area contributed by atoms with Crippen molar-refractivity contribution in [1.82, 2.24) is 15.6 Å². The standard InChI is InChI=1S/C11H19N3O/c1-11(2,9-5-4-6-13-9)8-14-10(15)7-12-3/h4-6,12-13H,7-8H2,1-3H3,(H,14,15). The summed E-state index contributed by atoms with van der Waals surface area (Å²) in [5.74, 6) is 0.0251. The Morgan fingerprint density at radius 1 is 1.53 bits per heavy atom. The van der Waals surface area contributed by atoms with Crippen molar-refractivity contribution in [2.24, 2.45) is 0 Å². The van der Waals surface area contributed by atoms with Gasteiger partial charge in [0, 0.05) is 23.9 Å². The second kappa shape index (κ2) is 4.98. The Kier molecular flexibility index (Phi) is 3.91. The van der Waals surface area contributed by atoms with Crippen molar-refractivity contribution in [2.45, 2.75) is 19.3 Å². The molecule has 0 bridgehead atoms. The number of rotatable bonds is 5. The summed E-state index contributed by atoms with van der Waals surface area (Å²) in [6.45, 7) is 5.19. The second-order valence-electron chi connectivity index (χ2n) is 4.27. The summed E-state index contributed by atoms with van der Waals surface area (Å²) < 4.78 is 0. The summed E-state index contributed by atoms with van der Waals surface area (Å²) in [6.07, 6.45) is 1.90. The van der Waals surface area contributed by atoms with Crippen molar-refractivity contribution < 1.29 is 4.79 Å². The first-order valence-electron chi connectivity index (χ1n) is 5.11. The smallest absolute Gasteiger partial charge is 0.233 e. The first-order chi connectivity index (χ1) is 7.06. The van der Waals surface area contributed by atoms with Gasteiger partial charge in [0.05, 0.1) is 6.54 Å². The SMILES string of the molecule is CNCC(=O)NCC(C)(C)c1ccc[nH]1. The van der Waals surface area contributed by atoms with Crippen molar-refractivity contribution >= 4 is 5.91 Å². The molecular weight excluding hydrogens is 190 g/mol. The minimum absolute atomic E-state index is 0.0251. The van der Waals surface area contributed by atoms with Gasteiger partial charge in [0.2, 0.25) is 5.91 Å². The van der Waals surface area contributed by atoms with Crippen LogP contribution < -0.4 is 10.6 Å². The van der Waals surface area contributed by atoms with Gasteiger partial charge in [-0.1, -0.05) is 13.8 Å². The summed E-state index contributed by atoms with van der Waals surface area (Å²) in [6, 6.07) is 4.00. The van der Waals surface area contributed by atoms with E-state index in [1.165, 1.54) is 0 Å². The van der Waals surface area contributed by atoms with E-state index >= 15 is 0 Å². The first-order valence-corrected chi connectivity index (χ1v) is 5.11. The summed E-state index contributed by atoms with van der Waals surface area (Å²) >= 11 is 0. The van der Waals surface area contributed by atoms with Gasteiger partial charge in [-0.3, -0.25) is 4.79 Å². The molecule has 1 heterocycles. The zero-order valence-corrected chi connectivity index (χ0v) is 9.55. The van der Waals surface area contributed by atoms with E-state index in [1.807, 2.05) is 18.3 Å². The van der Waals surface area contributed by atoms with E-state index in [-0.39, 0.29) is 11.3 Å². The Morgan fingerprint density at radius 2 is 2.27 bits per heavy atom. The van der Waals surface area contributed by atoms with Gasteiger partial charge in [-0.25, -0.2) is 0 Å². The number of aromatic amines is 1. The molecular formula is C11H19N3O. The number of hydrogen-bond donors (Lipinski definition) is 3. The van der Waals surface area contributed by atoms with E-state index in [0.29, 0.717) is 13.1 Å². The van der Waals surface area contributed by atoms with Crippen LogP contribution in [0.1, 0.15) is 19.5 Å². The zero-order chi connectivity index (χ0) is 11.3. The Hall–Kier alpha value is -1.29. The number of hydrogen-bond acceptors (Lipinski definition) is 2. The van der Waals surface area contributed by atoms with Gasteiger partial charge in [-0.05, 0) is 19.2 Å². The van der Waals surface area contributed by atoms with E-state index < -0.39 is 0 Å². The average Bonchev–Trinajstić information content (AvgIpc) is 2.69. The molecule has 0 unspecified atom stereocenters. The largest absolute Gasteiger partial charge is 0.364 e. The molecule has 1 amide bonds. The number of amides is 1. The van der Waals surface area contributed by atoms with Crippen LogP contribution in [0.25, 0.3) is 0 Å². The van der Waals surface area contributed by atoms with Crippen LogP contribution in [0.15, 0.2) is 18.3 Å². The number of H-pyrrole nitrogens is 1. The third-order valence-electron chi connectivity index (χ3n) is 2.39. The Balaban J connectivity index is 2.47. The molecule has 15 heavy (non-hydrogen) atoms. The highest BCUT2D eigenvalue weighted by Crippen LogP contribution is 2.19. The van der Waals surface area contributed by atoms with Gasteiger partial charge in [0.1, 0.15) is 0 Å². The zero-order valence-electron chi connectivity index (χ0n) is 9.55. The van der Waals surface area contributed by atoms with Gasteiger partial charge < -0.3 is 15.6 Å². The fraction of sp³-hybridized carbons (Fsp3) is 0.545. The maximum Gasteiger partial charge on any atom is 0.233 e. The highest BCUT2D eigenvalue weighted by molar-refractivity contribution is 5.78. The van der Waals surface area contributed by atoms with Crippen molar-refractivity contribution in [1.29, 1.82) is 0 Å². The highest BCUT2D eigenvalue weighted by Gasteiger charge is 2.21. The number of likely N-dealkylation sites (N-methyl/N-ethyl adjacent to an activating group) is 1. The first kappa shape index (κ1) is 11.8. The molecule has 0 fully saturated rings. The fourth-order valence-corrected chi connectivity index (χ4v) is 1.39. The normalized spacial score (nSPS) is 11.4. The topological polar surface area (TPSA) is 56.9 Å². The molecule has 0 saturated carbocycles. The molecule has 0 spiro atoms. The monoisotopic (exact) mass is 209 g/mol. The number of nitrogens with one attached hydrogen (secondary N) is 3. The van der Waals surface area contributed by atoms with Crippen LogP contribution in [0.2, 0.25) is 0 Å². The summed E-state index contributed by atoms with van der Waals surface area (Å²) in [7, 11) is 1.76. The maximum atomic E-state index is 11.3. The van der Waals surface area contributed by atoms with Gasteiger partial charge >= 0.3 is 0 Å². The molecule has 0 aliphatic carbocycles. The lowest BCUT2D eigenvalue weighted by molar-refractivity contribution is -0.120. The lowest BCUT2D eigenvalue weighted by atomic mass is 9.89. The maximum absolute atomic E-state index is 11.3. The number of carbonyl (C=O) groups excluding carboxylic acids is 1. The van der Waals surface area contributed by atoms with Gasteiger partial charge in [0.15, 0.2) is 0 Å². The minimum Gasteiger partial charge on any atom is -0.364 e. The molecule has 0 aromatic carbocycles. The molecule has 0 radical (unpaired) electrons. The molecule has 4 nitrogen and oxygen atoms in total. The van der Waals surface area contributed by atoms with Crippen LogP contribution in [-0.4, -0.2) is 31.0 Å². The third kappa shape index (κ3) is 3.40.